The molecule has 17 heavy (non-hydrogen) atoms. The first-order valence-electron chi connectivity index (χ1n) is 7.17. The second kappa shape index (κ2) is 8.39. The van der Waals surface area contributed by atoms with Crippen LogP contribution in [-0.2, 0) is 0 Å². The molecule has 0 aromatic carbocycles. The Kier molecular flexibility index (Phi) is 7.56. The van der Waals surface area contributed by atoms with Gasteiger partial charge < -0.3 is 5.73 Å². The minimum Gasteiger partial charge on any atom is -0.330 e. The van der Waals surface area contributed by atoms with E-state index < -0.39 is 0 Å². The van der Waals surface area contributed by atoms with E-state index in [1.165, 1.54) is 43.9 Å². The maximum absolute atomic E-state index is 5.69. The van der Waals surface area contributed by atoms with Crippen LogP contribution in [0.4, 0.5) is 0 Å². The lowest BCUT2D eigenvalue weighted by Gasteiger charge is -2.33. The van der Waals surface area contributed by atoms with Gasteiger partial charge in [-0.25, -0.2) is 0 Å². The van der Waals surface area contributed by atoms with E-state index in [-0.39, 0.29) is 0 Å². The van der Waals surface area contributed by atoms with Crippen molar-refractivity contribution in [2.24, 2.45) is 17.6 Å². The summed E-state index contributed by atoms with van der Waals surface area (Å²) in [6.07, 6.45) is 3.89. The minimum atomic E-state index is 0.778. The molecular formula is C14H30N2S. The first-order valence-corrected chi connectivity index (χ1v) is 8.32. The fourth-order valence-corrected chi connectivity index (χ4v) is 3.76. The van der Waals surface area contributed by atoms with E-state index in [1.54, 1.807) is 0 Å². The van der Waals surface area contributed by atoms with Gasteiger partial charge in [0, 0.05) is 24.1 Å². The van der Waals surface area contributed by atoms with Gasteiger partial charge in [0.2, 0.25) is 0 Å². The van der Waals surface area contributed by atoms with Gasteiger partial charge in [-0.3, -0.25) is 4.90 Å². The van der Waals surface area contributed by atoms with E-state index >= 15 is 0 Å². The molecule has 0 bridgehead atoms. The van der Waals surface area contributed by atoms with Crippen molar-refractivity contribution in [2.45, 2.75) is 46.1 Å². The Labute approximate surface area is 112 Å². The monoisotopic (exact) mass is 258 g/mol. The molecule has 0 spiro atoms. The maximum Gasteiger partial charge on any atom is 0.0158 e. The van der Waals surface area contributed by atoms with Gasteiger partial charge in [-0.15, -0.1) is 0 Å². The van der Waals surface area contributed by atoms with E-state index in [1.807, 2.05) is 0 Å². The van der Waals surface area contributed by atoms with Gasteiger partial charge in [0.1, 0.15) is 0 Å². The molecule has 2 unspecified atom stereocenters. The van der Waals surface area contributed by atoms with Crippen molar-refractivity contribution < 1.29 is 0 Å². The number of rotatable bonds is 7. The van der Waals surface area contributed by atoms with Gasteiger partial charge in [-0.05, 0) is 51.1 Å². The summed E-state index contributed by atoms with van der Waals surface area (Å²) in [5.74, 6) is 4.25. The Hall–Kier alpha value is 0.270. The van der Waals surface area contributed by atoms with Gasteiger partial charge in [0.05, 0.1) is 0 Å². The van der Waals surface area contributed by atoms with Crippen molar-refractivity contribution in [1.29, 1.82) is 0 Å². The van der Waals surface area contributed by atoms with E-state index in [0.29, 0.717) is 0 Å². The zero-order chi connectivity index (χ0) is 12.7. The molecule has 1 heterocycles. The van der Waals surface area contributed by atoms with Crippen LogP contribution in [0.2, 0.25) is 0 Å². The third-order valence-corrected chi connectivity index (χ3v) is 5.20. The lowest BCUT2D eigenvalue weighted by atomic mass is 9.88. The first-order chi connectivity index (χ1) is 8.15. The highest BCUT2D eigenvalue weighted by Crippen LogP contribution is 2.22. The fraction of sp³-hybridized carbons (Fsp3) is 1.00. The van der Waals surface area contributed by atoms with E-state index in [9.17, 15) is 0 Å². The molecule has 102 valence electrons. The molecule has 1 aliphatic rings. The Morgan fingerprint density at radius 3 is 2.71 bits per heavy atom. The third-order valence-electron chi connectivity index (χ3n) is 4.01. The Bertz CT molecular complexity index is 193. The summed E-state index contributed by atoms with van der Waals surface area (Å²) in [6, 6.07) is 0.778. The molecule has 1 rings (SSSR count). The molecule has 2 nitrogen and oxygen atoms in total. The van der Waals surface area contributed by atoms with Crippen molar-refractivity contribution in [3.8, 4) is 0 Å². The topological polar surface area (TPSA) is 29.3 Å². The molecule has 0 saturated carbocycles. The molecule has 0 radical (unpaired) electrons. The molecule has 2 atom stereocenters. The van der Waals surface area contributed by atoms with E-state index in [0.717, 1.165) is 24.4 Å². The molecular weight excluding hydrogens is 228 g/mol. The number of hydrogen-bond donors (Lipinski definition) is 1. The second-order valence-corrected chi connectivity index (χ2v) is 6.83. The number of nitrogens with zero attached hydrogens (tertiary/aromatic N) is 1. The minimum absolute atomic E-state index is 0.778. The van der Waals surface area contributed by atoms with Crippen LogP contribution in [0.5, 0.6) is 0 Å². The summed E-state index contributed by atoms with van der Waals surface area (Å²) < 4.78 is 0. The average molecular weight is 258 g/mol. The SMILES string of the molecule is CC(C)C(CCN)CCCN1CCSCC1C. The van der Waals surface area contributed by atoms with Gasteiger partial charge in [0.25, 0.3) is 0 Å². The molecule has 1 fully saturated rings. The molecule has 3 heteroatoms. The van der Waals surface area contributed by atoms with Gasteiger partial charge in [-0.2, -0.15) is 11.8 Å². The second-order valence-electron chi connectivity index (χ2n) is 5.68. The number of thioether (sulfide) groups is 1. The van der Waals surface area contributed by atoms with Gasteiger partial charge >= 0.3 is 0 Å². The van der Waals surface area contributed by atoms with Crippen LogP contribution >= 0.6 is 11.8 Å². The summed E-state index contributed by atoms with van der Waals surface area (Å²) in [5.41, 5.74) is 5.69. The van der Waals surface area contributed by atoms with Crippen molar-refractivity contribution >= 4 is 11.8 Å². The van der Waals surface area contributed by atoms with Crippen molar-refractivity contribution in [1.82, 2.24) is 4.90 Å². The highest BCUT2D eigenvalue weighted by molar-refractivity contribution is 7.99. The normalized spacial score (nSPS) is 24.2. The zero-order valence-electron chi connectivity index (χ0n) is 11.8. The van der Waals surface area contributed by atoms with Crippen molar-refractivity contribution in [2.75, 3.05) is 31.1 Å². The van der Waals surface area contributed by atoms with E-state index in [4.69, 9.17) is 5.73 Å². The van der Waals surface area contributed by atoms with Crippen LogP contribution in [0.25, 0.3) is 0 Å². The van der Waals surface area contributed by atoms with Crippen molar-refractivity contribution in [3.05, 3.63) is 0 Å². The molecule has 1 saturated heterocycles. The summed E-state index contributed by atoms with van der Waals surface area (Å²) in [5, 5.41) is 0. The van der Waals surface area contributed by atoms with E-state index in [2.05, 4.69) is 37.4 Å². The zero-order valence-corrected chi connectivity index (χ0v) is 12.6. The molecule has 0 amide bonds. The van der Waals surface area contributed by atoms with Crippen LogP contribution in [0.15, 0.2) is 0 Å². The average Bonchev–Trinajstić information content (AvgIpc) is 2.30. The maximum atomic E-state index is 5.69. The fourth-order valence-electron chi connectivity index (χ4n) is 2.68. The number of nitrogens with two attached hydrogens (primary N) is 1. The summed E-state index contributed by atoms with van der Waals surface area (Å²) in [7, 11) is 0. The van der Waals surface area contributed by atoms with Crippen molar-refractivity contribution in [3.63, 3.8) is 0 Å². The summed E-state index contributed by atoms with van der Waals surface area (Å²) >= 11 is 2.10. The third kappa shape index (κ3) is 5.62. The smallest absolute Gasteiger partial charge is 0.0158 e. The van der Waals surface area contributed by atoms with Crippen LogP contribution < -0.4 is 5.73 Å². The van der Waals surface area contributed by atoms with Crippen LogP contribution in [0.1, 0.15) is 40.0 Å². The molecule has 0 aromatic heterocycles. The number of hydrogen-bond acceptors (Lipinski definition) is 3. The lowest BCUT2D eigenvalue weighted by molar-refractivity contribution is 0.215. The highest BCUT2D eigenvalue weighted by atomic mass is 32.2. The van der Waals surface area contributed by atoms with Crippen LogP contribution in [-0.4, -0.2) is 42.1 Å². The van der Waals surface area contributed by atoms with Crippen LogP contribution in [0, 0.1) is 11.8 Å². The predicted molar refractivity (Wildman–Crippen MR) is 79.6 cm³/mol. The Morgan fingerprint density at radius 1 is 1.35 bits per heavy atom. The van der Waals surface area contributed by atoms with Crippen LogP contribution in [0.3, 0.4) is 0 Å². The molecule has 2 N–H and O–H groups in total. The molecule has 0 aliphatic carbocycles. The largest absolute Gasteiger partial charge is 0.330 e. The molecule has 1 aliphatic heterocycles. The first kappa shape index (κ1) is 15.3. The summed E-state index contributed by atoms with van der Waals surface area (Å²) in [4.78, 5) is 2.66. The quantitative estimate of drug-likeness (QED) is 0.761. The Morgan fingerprint density at radius 2 is 2.12 bits per heavy atom. The summed E-state index contributed by atoms with van der Waals surface area (Å²) in [6.45, 7) is 10.5. The lowest BCUT2D eigenvalue weighted by Crippen LogP contribution is -2.40. The standard InChI is InChI=1S/C14H30N2S/c1-12(2)14(6-7-15)5-4-8-16-9-10-17-11-13(16)3/h12-14H,4-11,15H2,1-3H3. The van der Waals surface area contributed by atoms with Gasteiger partial charge in [-0.1, -0.05) is 13.8 Å². The Balaban J connectivity index is 2.20. The molecule has 0 aromatic rings. The highest BCUT2D eigenvalue weighted by Gasteiger charge is 2.19. The van der Waals surface area contributed by atoms with Gasteiger partial charge in [0.15, 0.2) is 0 Å². The predicted octanol–water partition coefficient (Wildman–Crippen LogP) is 2.82.